The molecule has 3 rings (SSSR count). The number of hydrogen-bond donors (Lipinski definition) is 0. The van der Waals surface area contributed by atoms with Crippen LogP contribution in [0.2, 0.25) is 5.02 Å². The largest absolute Gasteiger partial charge is 1.00 e. The molecule has 0 aromatic heterocycles. The second-order valence-corrected chi connectivity index (χ2v) is 9.94. The first-order chi connectivity index (χ1) is 16.1. The van der Waals surface area contributed by atoms with E-state index in [1.54, 1.807) is 37.5 Å². The molecule has 0 aliphatic rings. The second kappa shape index (κ2) is 12.6. The van der Waals surface area contributed by atoms with Crippen LogP contribution < -0.4 is 33.5 Å². The predicted molar refractivity (Wildman–Crippen MR) is 141 cm³/mol. The van der Waals surface area contributed by atoms with E-state index in [4.69, 9.17) is 21.1 Å². The molecular weight excluding hydrogens is 573 g/mol. The highest BCUT2D eigenvalue weighted by Crippen LogP contribution is 2.30. The van der Waals surface area contributed by atoms with Gasteiger partial charge in [-0.05, 0) is 67.5 Å². The lowest BCUT2D eigenvalue weighted by Gasteiger charge is -2.24. The number of quaternary nitrogens is 1. The van der Waals surface area contributed by atoms with Crippen LogP contribution in [0.25, 0.3) is 17.2 Å². The van der Waals surface area contributed by atoms with Gasteiger partial charge in [0.2, 0.25) is 0 Å². The Balaban J connectivity index is 0.00000432. The number of carbonyl (C=O) groups is 1. The van der Waals surface area contributed by atoms with Gasteiger partial charge in [-0.15, -0.1) is 0 Å². The molecule has 0 unspecified atom stereocenters. The van der Waals surface area contributed by atoms with E-state index in [0.29, 0.717) is 22.9 Å². The van der Waals surface area contributed by atoms with Gasteiger partial charge < -0.3 is 37.9 Å². The molecule has 0 saturated heterocycles. The molecule has 4 nitrogen and oxygen atoms in total. The smallest absolute Gasteiger partial charge is 0.187 e. The van der Waals surface area contributed by atoms with Crippen molar-refractivity contribution in [2.75, 3.05) is 41.4 Å². The minimum Gasteiger partial charge on any atom is -1.00 e. The summed E-state index contributed by atoms with van der Waals surface area (Å²) in [5.41, 5.74) is 5.89. The lowest BCUT2D eigenvalue weighted by atomic mass is 9.98. The molecule has 6 heteroatoms. The summed E-state index contributed by atoms with van der Waals surface area (Å²) in [4.78, 5) is 12.9. The Morgan fingerprint density at radius 3 is 2.23 bits per heavy atom. The molecule has 0 atom stereocenters. The number of nitrogens with zero attached hydrogens (tertiary/aromatic N) is 1. The summed E-state index contributed by atoms with van der Waals surface area (Å²) in [7, 11) is 7.95. The molecule has 0 saturated carbocycles. The van der Waals surface area contributed by atoms with Gasteiger partial charge in [0.25, 0.3) is 0 Å². The van der Waals surface area contributed by atoms with E-state index in [1.165, 1.54) is 11.1 Å². The molecule has 0 radical (unpaired) electrons. The van der Waals surface area contributed by atoms with Crippen LogP contribution in [-0.4, -0.2) is 51.7 Å². The van der Waals surface area contributed by atoms with Crippen LogP contribution in [-0.2, 0) is 0 Å². The van der Waals surface area contributed by atoms with Crippen LogP contribution in [0.3, 0.4) is 0 Å². The number of halogens is 2. The van der Waals surface area contributed by atoms with E-state index in [9.17, 15) is 4.79 Å². The number of allylic oxidation sites excluding steroid dienone is 1. The first-order valence-corrected chi connectivity index (χ1v) is 11.7. The van der Waals surface area contributed by atoms with Gasteiger partial charge >= 0.3 is 0 Å². The maximum atomic E-state index is 12.9. The molecule has 0 aliphatic carbocycles. The quantitative estimate of drug-likeness (QED) is 0.162. The minimum atomic E-state index is -0.179. The van der Waals surface area contributed by atoms with Gasteiger partial charge in [-0.3, -0.25) is 4.79 Å². The number of ketones is 1. The lowest BCUT2D eigenvalue weighted by Crippen LogP contribution is -3.00. The summed E-state index contributed by atoms with van der Waals surface area (Å²) in [5.74, 6) is 1.17. The number of ether oxygens (including phenoxy) is 2. The summed E-state index contributed by atoms with van der Waals surface area (Å²) >= 11 is 6.30. The van der Waals surface area contributed by atoms with Gasteiger partial charge in [-0.25, -0.2) is 0 Å². The monoisotopic (exact) mass is 605 g/mol. The van der Waals surface area contributed by atoms with Crippen LogP contribution in [0.15, 0.2) is 60.7 Å². The van der Waals surface area contributed by atoms with E-state index in [0.717, 1.165) is 33.5 Å². The van der Waals surface area contributed by atoms with Gasteiger partial charge in [0.05, 0.1) is 33.3 Å². The van der Waals surface area contributed by atoms with Gasteiger partial charge in [0.15, 0.2) is 5.78 Å². The van der Waals surface area contributed by atoms with E-state index >= 15 is 0 Å². The standard InChI is InChI=1S/C29H33ClNO3.HI/c1-20-15-21(2)17-24(16-20)22-8-12-29(34-14-13-31(3,4)5)23(18-22)7-11-28(32)26-10-9-25(33-6)19-27(26)30;/h7-12,15-19H,13-14H2,1-6H3;1H/q+1;/p-1/b11-7+;. The fraction of sp³-hybridized carbons (Fsp3) is 0.276. The highest BCUT2D eigenvalue weighted by atomic mass is 127. The summed E-state index contributed by atoms with van der Waals surface area (Å²) in [6.07, 6.45) is 3.34. The SMILES string of the molecule is COc1ccc(C(=O)/C=C/c2cc(-c3cc(C)cc(C)c3)ccc2OCC[N+](C)(C)C)c(Cl)c1.[I-]. The Morgan fingerprint density at radius 2 is 1.63 bits per heavy atom. The van der Waals surface area contributed by atoms with E-state index in [-0.39, 0.29) is 29.8 Å². The van der Waals surface area contributed by atoms with Gasteiger partial charge in [0, 0.05) is 11.1 Å². The Bertz CT molecular complexity index is 1190. The molecule has 0 N–H and O–H groups in total. The van der Waals surface area contributed by atoms with Crippen molar-refractivity contribution in [1.29, 1.82) is 0 Å². The number of methoxy groups -OCH3 is 1. The zero-order valence-electron chi connectivity index (χ0n) is 21.2. The van der Waals surface area contributed by atoms with Crippen LogP contribution in [0, 0.1) is 13.8 Å². The highest BCUT2D eigenvalue weighted by Gasteiger charge is 2.12. The Kier molecular flexibility index (Phi) is 10.4. The average Bonchev–Trinajstić information content (AvgIpc) is 2.76. The third-order valence-corrected chi connectivity index (χ3v) is 5.75. The van der Waals surface area contributed by atoms with Gasteiger partial charge in [0.1, 0.15) is 24.7 Å². The molecular formula is C29H33ClINO3. The fourth-order valence-electron chi connectivity index (χ4n) is 3.64. The van der Waals surface area contributed by atoms with Crippen LogP contribution in [0.4, 0.5) is 0 Å². The second-order valence-electron chi connectivity index (χ2n) is 9.53. The van der Waals surface area contributed by atoms with Crippen LogP contribution >= 0.6 is 11.6 Å². The summed E-state index contributed by atoms with van der Waals surface area (Å²) in [6, 6.07) is 17.6. The first-order valence-electron chi connectivity index (χ1n) is 11.3. The van der Waals surface area contributed by atoms with E-state index in [2.05, 4.69) is 65.3 Å². The van der Waals surface area contributed by atoms with E-state index < -0.39 is 0 Å². The maximum Gasteiger partial charge on any atom is 0.187 e. The minimum absolute atomic E-state index is 0. The normalized spacial score (nSPS) is 11.3. The Morgan fingerprint density at radius 1 is 0.943 bits per heavy atom. The number of benzene rings is 3. The molecule has 0 fully saturated rings. The number of likely N-dealkylation sites (N-methyl/N-ethyl adjacent to an activating group) is 1. The van der Waals surface area contributed by atoms with Crippen molar-refractivity contribution in [3.05, 3.63) is 87.9 Å². The third kappa shape index (κ3) is 8.37. The van der Waals surface area contributed by atoms with Gasteiger partial charge in [-0.1, -0.05) is 47.0 Å². The van der Waals surface area contributed by atoms with Crippen LogP contribution in [0.5, 0.6) is 11.5 Å². The molecule has 3 aromatic carbocycles. The summed E-state index contributed by atoms with van der Waals surface area (Å²) in [5, 5.41) is 0.359. The number of hydrogen-bond acceptors (Lipinski definition) is 3. The van der Waals surface area contributed by atoms with Crippen molar-refractivity contribution in [2.45, 2.75) is 13.8 Å². The first kappa shape index (κ1) is 28.9. The molecule has 0 spiro atoms. The highest BCUT2D eigenvalue weighted by molar-refractivity contribution is 6.34. The number of carbonyl (C=O) groups excluding carboxylic acids is 1. The van der Waals surface area contributed by atoms with Crippen molar-refractivity contribution >= 4 is 23.5 Å². The lowest BCUT2D eigenvalue weighted by molar-refractivity contribution is -0.870. The van der Waals surface area contributed by atoms with E-state index in [1.807, 2.05) is 6.07 Å². The third-order valence-electron chi connectivity index (χ3n) is 5.44. The van der Waals surface area contributed by atoms with Crippen molar-refractivity contribution in [1.82, 2.24) is 0 Å². The van der Waals surface area contributed by atoms with Crippen LogP contribution in [0.1, 0.15) is 27.0 Å². The van der Waals surface area contributed by atoms with Gasteiger partial charge in [-0.2, -0.15) is 0 Å². The molecule has 0 heterocycles. The summed E-state index contributed by atoms with van der Waals surface area (Å²) in [6.45, 7) is 5.63. The molecule has 0 bridgehead atoms. The topological polar surface area (TPSA) is 35.5 Å². The molecule has 0 amide bonds. The molecule has 3 aromatic rings. The fourth-order valence-corrected chi connectivity index (χ4v) is 3.90. The van der Waals surface area contributed by atoms with Crippen molar-refractivity contribution in [2.24, 2.45) is 0 Å². The number of aryl methyl sites for hydroxylation is 2. The summed E-state index contributed by atoms with van der Waals surface area (Å²) < 4.78 is 12.1. The zero-order chi connectivity index (χ0) is 24.9. The Labute approximate surface area is 231 Å². The maximum absolute atomic E-state index is 12.9. The molecule has 35 heavy (non-hydrogen) atoms. The Hall–Kier alpha value is -2.35. The average molecular weight is 606 g/mol. The van der Waals surface area contributed by atoms with Crippen molar-refractivity contribution < 1.29 is 42.7 Å². The molecule has 0 aliphatic heterocycles. The van der Waals surface area contributed by atoms with Crippen molar-refractivity contribution in [3.8, 4) is 22.6 Å². The number of rotatable bonds is 9. The zero-order valence-corrected chi connectivity index (χ0v) is 24.1. The molecule has 186 valence electrons. The van der Waals surface area contributed by atoms with Crippen molar-refractivity contribution in [3.63, 3.8) is 0 Å². The predicted octanol–water partition coefficient (Wildman–Crippen LogP) is 3.62.